The van der Waals surface area contributed by atoms with Gasteiger partial charge < -0.3 is 0 Å². The molecule has 2 rings (SSSR count). The lowest BCUT2D eigenvalue weighted by Gasteiger charge is -2.15. The molecule has 0 bridgehead atoms. The third-order valence-electron chi connectivity index (χ3n) is 3.11. The zero-order valence-electron chi connectivity index (χ0n) is 12.9. The molecule has 0 radical (unpaired) electrons. The summed E-state index contributed by atoms with van der Waals surface area (Å²) in [6.07, 6.45) is 1.23. The zero-order valence-corrected chi connectivity index (χ0v) is 16.2. The molecule has 4 N–H and O–H groups in total. The Balaban J connectivity index is 3.36. The van der Waals surface area contributed by atoms with Crippen LogP contribution in [0.2, 0.25) is 0 Å². The standard InChI is InChI=1S/C10H8N2O12S4/c13-25(14,15)5-1-11-2-6(26(16,17)18)9(5)10-7(27(19,20)21)3-12-4-8(10)28(22,23)24/h1-4H,(H,13,14,15)(H,16,17,18)(H,19,20,21)(H,22,23,24). The number of nitrogens with zero attached hydrogens (tertiary/aromatic N) is 2. The van der Waals surface area contributed by atoms with Crippen LogP contribution in [0.4, 0.5) is 0 Å². The van der Waals surface area contributed by atoms with Gasteiger partial charge in [-0.2, -0.15) is 33.7 Å². The van der Waals surface area contributed by atoms with Crippen LogP contribution >= 0.6 is 0 Å². The predicted octanol–water partition coefficient (Wildman–Crippen LogP) is -0.870. The molecular formula is C10H8N2O12S4. The Morgan fingerprint density at radius 1 is 0.464 bits per heavy atom. The first-order chi connectivity index (χ1) is 12.5. The fraction of sp³-hybridized carbons (Fsp3) is 0. The second-order valence-corrected chi connectivity index (χ2v) is 10.5. The van der Waals surface area contributed by atoms with Crippen LogP contribution in [-0.4, -0.2) is 61.9 Å². The van der Waals surface area contributed by atoms with Gasteiger partial charge in [0, 0.05) is 35.9 Å². The highest BCUT2D eigenvalue weighted by atomic mass is 32.2. The SMILES string of the molecule is O=S(=O)(O)c1cncc(S(=O)(=O)O)c1-c1c(S(=O)(=O)O)cncc1S(=O)(=O)O. The Labute approximate surface area is 157 Å². The lowest BCUT2D eigenvalue weighted by molar-refractivity contribution is 0.473. The molecule has 2 aromatic rings. The largest absolute Gasteiger partial charge is 0.296 e. The highest BCUT2D eigenvalue weighted by molar-refractivity contribution is 7.87. The van der Waals surface area contributed by atoms with Crippen LogP contribution in [0.3, 0.4) is 0 Å². The minimum atomic E-state index is -5.40. The van der Waals surface area contributed by atoms with Gasteiger partial charge in [0.2, 0.25) is 0 Å². The van der Waals surface area contributed by atoms with E-state index in [1.54, 1.807) is 0 Å². The third-order valence-corrected chi connectivity index (χ3v) is 6.58. The number of aromatic nitrogens is 2. The Hall–Kier alpha value is -2.06. The fourth-order valence-corrected chi connectivity index (χ4v) is 4.91. The van der Waals surface area contributed by atoms with Crippen LogP contribution in [0.1, 0.15) is 0 Å². The Morgan fingerprint density at radius 3 is 0.786 bits per heavy atom. The molecule has 28 heavy (non-hydrogen) atoms. The maximum Gasteiger partial charge on any atom is 0.296 e. The van der Waals surface area contributed by atoms with Crippen molar-refractivity contribution in [1.29, 1.82) is 0 Å². The molecule has 0 unspecified atom stereocenters. The molecule has 18 heteroatoms. The van der Waals surface area contributed by atoms with Gasteiger partial charge in [-0.3, -0.25) is 28.2 Å². The summed E-state index contributed by atoms with van der Waals surface area (Å²) in [7, 11) is -21.6. The predicted molar refractivity (Wildman–Crippen MR) is 86.7 cm³/mol. The van der Waals surface area contributed by atoms with E-state index in [1.807, 2.05) is 0 Å². The van der Waals surface area contributed by atoms with E-state index in [-0.39, 0.29) is 0 Å². The first kappa shape index (κ1) is 22.2. The summed E-state index contributed by atoms with van der Waals surface area (Å²) in [5.41, 5.74) is -2.80. The van der Waals surface area contributed by atoms with Crippen LogP contribution < -0.4 is 0 Å². The molecule has 0 saturated heterocycles. The number of hydrogen-bond donors (Lipinski definition) is 4. The molecule has 0 fully saturated rings. The second-order valence-electron chi connectivity index (χ2n) is 4.92. The fourth-order valence-electron chi connectivity index (χ4n) is 2.12. The van der Waals surface area contributed by atoms with Gasteiger partial charge >= 0.3 is 0 Å². The molecule has 0 aliphatic carbocycles. The molecule has 0 aliphatic rings. The van der Waals surface area contributed by atoms with Crippen molar-refractivity contribution in [2.45, 2.75) is 19.6 Å². The minimum Gasteiger partial charge on any atom is -0.282 e. The van der Waals surface area contributed by atoms with E-state index in [0.29, 0.717) is 24.8 Å². The average molecular weight is 476 g/mol. The smallest absolute Gasteiger partial charge is 0.282 e. The molecule has 0 aliphatic heterocycles. The van der Waals surface area contributed by atoms with E-state index in [9.17, 15) is 51.9 Å². The average Bonchev–Trinajstić information content (AvgIpc) is 2.50. The Kier molecular flexibility index (Phi) is 5.38. The topological polar surface area (TPSA) is 243 Å². The zero-order chi connectivity index (χ0) is 21.7. The summed E-state index contributed by atoms with van der Waals surface area (Å²) in [4.78, 5) is 0.519. The van der Waals surface area contributed by atoms with Crippen molar-refractivity contribution in [2.24, 2.45) is 0 Å². The summed E-state index contributed by atoms with van der Waals surface area (Å²) < 4.78 is 130. The molecule has 0 saturated carbocycles. The van der Waals surface area contributed by atoms with E-state index < -0.39 is 71.2 Å². The molecule has 14 nitrogen and oxygen atoms in total. The Morgan fingerprint density at radius 2 is 0.643 bits per heavy atom. The molecule has 0 atom stereocenters. The molecule has 0 aromatic carbocycles. The number of hydrogen-bond acceptors (Lipinski definition) is 10. The van der Waals surface area contributed by atoms with E-state index >= 15 is 0 Å². The third kappa shape index (κ3) is 4.33. The Bertz CT molecular complexity index is 1180. The molecule has 154 valence electrons. The lowest BCUT2D eigenvalue weighted by atomic mass is 10.1. The number of pyridine rings is 2. The van der Waals surface area contributed by atoms with Crippen molar-refractivity contribution in [3.8, 4) is 11.1 Å². The van der Waals surface area contributed by atoms with Gasteiger partial charge in [0.1, 0.15) is 19.6 Å². The lowest BCUT2D eigenvalue weighted by Crippen LogP contribution is -2.14. The van der Waals surface area contributed by atoms with E-state index in [4.69, 9.17) is 0 Å². The normalized spacial score (nSPS) is 13.4. The second kappa shape index (κ2) is 6.77. The van der Waals surface area contributed by atoms with Crippen molar-refractivity contribution in [3.63, 3.8) is 0 Å². The highest BCUT2D eigenvalue weighted by Gasteiger charge is 2.34. The van der Waals surface area contributed by atoms with Crippen molar-refractivity contribution < 1.29 is 51.9 Å². The summed E-state index contributed by atoms with van der Waals surface area (Å²) >= 11 is 0. The van der Waals surface area contributed by atoms with E-state index in [0.717, 1.165) is 0 Å². The van der Waals surface area contributed by atoms with Crippen molar-refractivity contribution in [3.05, 3.63) is 24.8 Å². The van der Waals surface area contributed by atoms with Crippen molar-refractivity contribution in [2.75, 3.05) is 0 Å². The van der Waals surface area contributed by atoms with Crippen molar-refractivity contribution in [1.82, 2.24) is 9.97 Å². The van der Waals surface area contributed by atoms with Crippen LogP contribution in [-0.2, 0) is 40.5 Å². The monoisotopic (exact) mass is 476 g/mol. The number of rotatable bonds is 5. The van der Waals surface area contributed by atoms with Gasteiger partial charge in [0.05, 0.1) is 0 Å². The van der Waals surface area contributed by atoms with Gasteiger partial charge in [-0.25, -0.2) is 0 Å². The molecular weight excluding hydrogens is 468 g/mol. The summed E-state index contributed by atoms with van der Waals surface area (Å²) in [5, 5.41) is 0. The molecule has 2 aromatic heterocycles. The van der Waals surface area contributed by atoms with Crippen LogP contribution in [0, 0.1) is 0 Å². The van der Waals surface area contributed by atoms with E-state index in [2.05, 4.69) is 9.97 Å². The quantitative estimate of drug-likeness (QED) is 0.383. The van der Waals surface area contributed by atoms with Gasteiger partial charge in [-0.05, 0) is 0 Å². The summed E-state index contributed by atoms with van der Waals surface area (Å²) in [5.74, 6) is 0. The highest BCUT2D eigenvalue weighted by Crippen LogP contribution is 2.40. The molecule has 0 amide bonds. The molecule has 2 heterocycles. The van der Waals surface area contributed by atoms with Gasteiger partial charge in [-0.1, -0.05) is 0 Å². The first-order valence-electron chi connectivity index (χ1n) is 6.32. The maximum absolute atomic E-state index is 11.6. The molecule has 0 spiro atoms. The van der Waals surface area contributed by atoms with Gasteiger partial charge in [0.25, 0.3) is 40.5 Å². The maximum atomic E-state index is 11.6. The van der Waals surface area contributed by atoms with E-state index in [1.165, 1.54) is 0 Å². The summed E-state index contributed by atoms with van der Waals surface area (Å²) in [6, 6.07) is 0. The van der Waals surface area contributed by atoms with Crippen LogP contribution in [0.15, 0.2) is 44.4 Å². The van der Waals surface area contributed by atoms with Crippen LogP contribution in [0.5, 0.6) is 0 Å². The minimum absolute atomic E-state index is 0.307. The van der Waals surface area contributed by atoms with Gasteiger partial charge in [0.15, 0.2) is 0 Å². The first-order valence-corrected chi connectivity index (χ1v) is 12.1. The summed E-state index contributed by atoms with van der Waals surface area (Å²) in [6.45, 7) is 0. The van der Waals surface area contributed by atoms with Gasteiger partial charge in [-0.15, -0.1) is 0 Å². The van der Waals surface area contributed by atoms with Crippen molar-refractivity contribution >= 4 is 40.5 Å². The van der Waals surface area contributed by atoms with Crippen LogP contribution in [0.25, 0.3) is 11.1 Å².